The van der Waals surface area contributed by atoms with E-state index in [0.717, 1.165) is 29.8 Å². The Morgan fingerprint density at radius 2 is 1.90 bits per heavy atom. The second-order valence-electron chi connectivity index (χ2n) is 7.75. The molecule has 1 aliphatic carbocycles. The number of nitrogens with one attached hydrogen (secondary N) is 1. The van der Waals surface area contributed by atoms with Gasteiger partial charge >= 0.3 is 0 Å². The number of carbonyl (C=O) groups excluding carboxylic acids is 1. The Bertz CT molecular complexity index is 1110. The van der Waals surface area contributed by atoms with E-state index in [9.17, 15) is 9.59 Å². The number of rotatable bonds is 5. The SMILES string of the molecule is Cc1cc(OC2CN(C(=O)c3cc(-c4ccccc4)n[nH]3)C2)cc(=O)n1C1CC1. The van der Waals surface area contributed by atoms with Crippen LogP contribution in [0.3, 0.4) is 0 Å². The van der Waals surface area contributed by atoms with E-state index in [0.29, 0.717) is 30.6 Å². The topological polar surface area (TPSA) is 80.2 Å². The summed E-state index contributed by atoms with van der Waals surface area (Å²) in [5.41, 5.74) is 3.08. The van der Waals surface area contributed by atoms with Gasteiger partial charge in [-0.15, -0.1) is 0 Å². The van der Waals surface area contributed by atoms with Gasteiger partial charge in [-0.05, 0) is 31.9 Å². The van der Waals surface area contributed by atoms with Crippen LogP contribution in [0, 0.1) is 6.92 Å². The highest BCUT2D eigenvalue weighted by Crippen LogP contribution is 2.35. The van der Waals surface area contributed by atoms with Crippen LogP contribution in [-0.4, -0.2) is 44.8 Å². The number of amides is 1. The molecule has 0 bridgehead atoms. The summed E-state index contributed by atoms with van der Waals surface area (Å²) >= 11 is 0. The summed E-state index contributed by atoms with van der Waals surface area (Å²) in [4.78, 5) is 26.7. The summed E-state index contributed by atoms with van der Waals surface area (Å²) in [7, 11) is 0. The predicted molar refractivity (Wildman–Crippen MR) is 108 cm³/mol. The molecule has 7 nitrogen and oxygen atoms in total. The fourth-order valence-corrected chi connectivity index (χ4v) is 3.78. The zero-order chi connectivity index (χ0) is 20.0. The zero-order valence-corrected chi connectivity index (χ0v) is 16.2. The lowest BCUT2D eigenvalue weighted by Gasteiger charge is -2.38. The third-order valence-electron chi connectivity index (χ3n) is 5.46. The van der Waals surface area contributed by atoms with Crippen molar-refractivity contribution in [3.63, 3.8) is 0 Å². The molecule has 29 heavy (non-hydrogen) atoms. The van der Waals surface area contributed by atoms with Gasteiger partial charge in [-0.1, -0.05) is 30.3 Å². The van der Waals surface area contributed by atoms with Gasteiger partial charge in [-0.2, -0.15) is 5.10 Å². The lowest BCUT2D eigenvalue weighted by Crippen LogP contribution is -2.56. The summed E-state index contributed by atoms with van der Waals surface area (Å²) in [5, 5.41) is 7.07. The van der Waals surface area contributed by atoms with E-state index in [1.165, 1.54) is 0 Å². The van der Waals surface area contributed by atoms with Crippen molar-refractivity contribution in [3.05, 3.63) is 70.3 Å². The molecular weight excluding hydrogens is 368 g/mol. The second kappa shape index (κ2) is 6.92. The number of aromatic nitrogens is 3. The highest BCUT2D eigenvalue weighted by molar-refractivity contribution is 5.94. The number of hydrogen-bond acceptors (Lipinski definition) is 4. The highest BCUT2D eigenvalue weighted by atomic mass is 16.5. The minimum Gasteiger partial charge on any atom is -0.486 e. The molecule has 2 aromatic heterocycles. The first-order valence-electron chi connectivity index (χ1n) is 9.88. The van der Waals surface area contributed by atoms with E-state index < -0.39 is 0 Å². The number of aryl methyl sites for hydroxylation is 1. The molecule has 1 saturated carbocycles. The first-order chi connectivity index (χ1) is 14.1. The molecule has 0 radical (unpaired) electrons. The Morgan fingerprint density at radius 3 is 2.59 bits per heavy atom. The van der Waals surface area contributed by atoms with Crippen molar-refractivity contribution in [2.75, 3.05) is 13.1 Å². The number of aromatic amines is 1. The molecule has 5 rings (SSSR count). The number of carbonyl (C=O) groups is 1. The Labute approximate surface area is 167 Å². The fraction of sp³-hybridized carbons (Fsp3) is 0.318. The number of hydrogen-bond donors (Lipinski definition) is 1. The minimum atomic E-state index is -0.106. The van der Waals surface area contributed by atoms with Gasteiger partial charge in [0.15, 0.2) is 0 Å². The van der Waals surface area contributed by atoms with Crippen molar-refractivity contribution in [2.45, 2.75) is 31.9 Å². The average molecular weight is 390 g/mol. The molecule has 0 spiro atoms. The number of benzene rings is 1. The smallest absolute Gasteiger partial charge is 0.272 e. The summed E-state index contributed by atoms with van der Waals surface area (Å²) in [6, 6.07) is 15.3. The largest absolute Gasteiger partial charge is 0.486 e. The van der Waals surface area contributed by atoms with Gasteiger partial charge in [0.1, 0.15) is 17.5 Å². The first-order valence-corrected chi connectivity index (χ1v) is 9.88. The van der Waals surface area contributed by atoms with E-state index in [1.54, 1.807) is 17.0 Å². The van der Waals surface area contributed by atoms with Gasteiger partial charge < -0.3 is 14.2 Å². The molecule has 1 aliphatic heterocycles. The monoisotopic (exact) mass is 390 g/mol. The van der Waals surface area contributed by atoms with Crippen LogP contribution in [0.2, 0.25) is 0 Å². The normalized spacial score (nSPS) is 16.5. The third-order valence-corrected chi connectivity index (χ3v) is 5.46. The lowest BCUT2D eigenvalue weighted by molar-refractivity contribution is 0.0172. The van der Waals surface area contributed by atoms with E-state index >= 15 is 0 Å². The minimum absolute atomic E-state index is 0.0133. The molecule has 148 valence electrons. The molecule has 2 aliphatic rings. The molecule has 0 atom stereocenters. The highest BCUT2D eigenvalue weighted by Gasteiger charge is 2.34. The number of H-pyrrole nitrogens is 1. The molecular formula is C22H22N4O3. The zero-order valence-electron chi connectivity index (χ0n) is 16.2. The van der Waals surface area contributed by atoms with Crippen molar-refractivity contribution >= 4 is 5.91 Å². The molecule has 1 amide bonds. The Balaban J connectivity index is 1.21. The Hall–Kier alpha value is -3.35. The third kappa shape index (κ3) is 3.44. The van der Waals surface area contributed by atoms with Crippen LogP contribution in [0.4, 0.5) is 0 Å². The van der Waals surface area contributed by atoms with Gasteiger partial charge in [-0.3, -0.25) is 14.7 Å². The molecule has 0 unspecified atom stereocenters. The summed E-state index contributed by atoms with van der Waals surface area (Å²) < 4.78 is 7.76. The molecule has 1 saturated heterocycles. The van der Waals surface area contributed by atoms with Crippen LogP contribution >= 0.6 is 0 Å². The maximum atomic E-state index is 12.7. The van der Waals surface area contributed by atoms with Crippen molar-refractivity contribution in [1.29, 1.82) is 0 Å². The number of ether oxygens (including phenoxy) is 1. The number of pyridine rings is 1. The first kappa shape index (κ1) is 17.7. The van der Waals surface area contributed by atoms with Crippen LogP contribution in [0.5, 0.6) is 5.75 Å². The van der Waals surface area contributed by atoms with E-state index in [4.69, 9.17) is 4.74 Å². The molecule has 2 fully saturated rings. The van der Waals surface area contributed by atoms with Crippen molar-refractivity contribution < 1.29 is 9.53 Å². The quantitative estimate of drug-likeness (QED) is 0.726. The van der Waals surface area contributed by atoms with Crippen LogP contribution < -0.4 is 10.3 Å². The van der Waals surface area contributed by atoms with Crippen molar-refractivity contribution in [1.82, 2.24) is 19.7 Å². The maximum Gasteiger partial charge on any atom is 0.272 e. The molecule has 3 aromatic rings. The van der Waals surface area contributed by atoms with Gasteiger partial charge in [0.25, 0.3) is 11.5 Å². The number of nitrogens with zero attached hydrogens (tertiary/aromatic N) is 3. The van der Waals surface area contributed by atoms with Gasteiger partial charge in [0.2, 0.25) is 0 Å². The Morgan fingerprint density at radius 1 is 1.14 bits per heavy atom. The number of likely N-dealkylation sites (tertiary alicyclic amines) is 1. The van der Waals surface area contributed by atoms with E-state index in [2.05, 4.69) is 10.2 Å². The van der Waals surface area contributed by atoms with Crippen LogP contribution in [0.1, 0.15) is 35.1 Å². The second-order valence-corrected chi connectivity index (χ2v) is 7.75. The van der Waals surface area contributed by atoms with Gasteiger partial charge in [-0.25, -0.2) is 0 Å². The van der Waals surface area contributed by atoms with Crippen molar-refractivity contribution in [2.24, 2.45) is 0 Å². The molecule has 1 N–H and O–H groups in total. The molecule has 7 heteroatoms. The van der Waals surface area contributed by atoms with Crippen molar-refractivity contribution in [3.8, 4) is 17.0 Å². The average Bonchev–Trinajstić information content (AvgIpc) is 3.38. The maximum absolute atomic E-state index is 12.7. The summed E-state index contributed by atoms with van der Waals surface area (Å²) in [6.07, 6.45) is 2.03. The molecule has 3 heterocycles. The van der Waals surface area contributed by atoms with Gasteiger partial charge in [0.05, 0.1) is 18.8 Å². The van der Waals surface area contributed by atoms with E-state index in [-0.39, 0.29) is 17.6 Å². The fourth-order valence-electron chi connectivity index (χ4n) is 3.78. The standard InChI is InChI=1S/C22H22N4O3/c1-14-9-17(10-21(27)26(14)16-7-8-16)29-18-12-25(13-18)22(28)20-11-19(23-24-20)15-5-3-2-4-6-15/h2-6,9-11,16,18H,7-8,12-13H2,1H3,(H,23,24). The van der Waals surface area contributed by atoms with Gasteiger partial charge in [0, 0.05) is 23.4 Å². The Kier molecular flexibility index (Phi) is 4.23. The van der Waals surface area contributed by atoms with Crippen LogP contribution in [0.25, 0.3) is 11.3 Å². The summed E-state index contributed by atoms with van der Waals surface area (Å²) in [6.45, 7) is 2.91. The summed E-state index contributed by atoms with van der Waals surface area (Å²) in [5.74, 6) is 0.481. The predicted octanol–water partition coefficient (Wildman–Crippen LogP) is 2.79. The van der Waals surface area contributed by atoms with Crippen LogP contribution in [-0.2, 0) is 0 Å². The lowest BCUT2D eigenvalue weighted by atomic mass is 10.1. The van der Waals surface area contributed by atoms with E-state index in [1.807, 2.05) is 47.9 Å². The molecule has 1 aromatic carbocycles. The van der Waals surface area contributed by atoms with Crippen LogP contribution in [0.15, 0.2) is 53.3 Å².